The van der Waals surface area contributed by atoms with E-state index in [1.54, 1.807) is 11.3 Å². The SMILES string of the molecule is CCNc1nc(C)cc(N2CCN(C(=O)c3cc4ccccc4s3)CC2)n1. The molecule has 3 aromatic rings. The molecule has 1 aromatic carbocycles. The lowest BCUT2D eigenvalue weighted by molar-refractivity contribution is 0.0751. The highest BCUT2D eigenvalue weighted by Crippen LogP contribution is 2.27. The summed E-state index contributed by atoms with van der Waals surface area (Å²) in [4.78, 5) is 26.9. The summed E-state index contributed by atoms with van der Waals surface area (Å²) in [5, 5.41) is 4.31. The van der Waals surface area contributed by atoms with Gasteiger partial charge in [0, 0.05) is 49.2 Å². The van der Waals surface area contributed by atoms with Crippen LogP contribution >= 0.6 is 11.3 Å². The summed E-state index contributed by atoms with van der Waals surface area (Å²) in [5.74, 6) is 1.71. The number of carbonyl (C=O) groups is 1. The van der Waals surface area contributed by atoms with Crippen LogP contribution in [0.3, 0.4) is 0 Å². The maximum Gasteiger partial charge on any atom is 0.264 e. The number of anilines is 2. The Bertz CT molecular complexity index is 929. The van der Waals surface area contributed by atoms with Gasteiger partial charge in [0.05, 0.1) is 4.88 Å². The zero-order valence-corrected chi connectivity index (χ0v) is 16.4. The van der Waals surface area contributed by atoms with Gasteiger partial charge in [-0.3, -0.25) is 4.79 Å². The van der Waals surface area contributed by atoms with Gasteiger partial charge in [0.25, 0.3) is 5.91 Å². The highest BCUT2D eigenvalue weighted by molar-refractivity contribution is 7.20. The third-order valence-corrected chi connectivity index (χ3v) is 5.81. The zero-order valence-electron chi connectivity index (χ0n) is 15.6. The molecule has 7 heteroatoms. The number of hydrogen-bond acceptors (Lipinski definition) is 6. The van der Waals surface area contributed by atoms with Gasteiger partial charge < -0.3 is 15.1 Å². The standard InChI is InChI=1S/C20H23N5OS/c1-3-21-20-22-14(2)12-18(23-20)24-8-10-25(11-9-24)19(26)17-13-15-6-4-5-7-16(15)27-17/h4-7,12-13H,3,8-11H2,1-2H3,(H,21,22,23). The van der Waals surface area contributed by atoms with E-state index in [-0.39, 0.29) is 5.91 Å². The van der Waals surface area contributed by atoms with Crippen LogP contribution in [0.2, 0.25) is 0 Å². The minimum absolute atomic E-state index is 0.128. The average molecular weight is 382 g/mol. The highest BCUT2D eigenvalue weighted by atomic mass is 32.1. The summed E-state index contributed by atoms with van der Waals surface area (Å²) in [6.07, 6.45) is 0. The van der Waals surface area contributed by atoms with Gasteiger partial charge in [0.1, 0.15) is 5.82 Å². The fraction of sp³-hybridized carbons (Fsp3) is 0.350. The fourth-order valence-corrected chi connectivity index (χ4v) is 4.36. The molecule has 140 valence electrons. The zero-order chi connectivity index (χ0) is 18.8. The third kappa shape index (κ3) is 3.73. The van der Waals surface area contributed by atoms with Crippen molar-refractivity contribution in [2.45, 2.75) is 13.8 Å². The Hall–Kier alpha value is -2.67. The maximum absolute atomic E-state index is 12.9. The normalized spacial score (nSPS) is 14.6. The summed E-state index contributed by atoms with van der Waals surface area (Å²) in [6.45, 7) is 7.76. The van der Waals surface area contributed by atoms with Crippen LogP contribution < -0.4 is 10.2 Å². The van der Waals surface area contributed by atoms with Crippen LogP contribution in [0.4, 0.5) is 11.8 Å². The first-order valence-electron chi connectivity index (χ1n) is 9.26. The minimum atomic E-state index is 0.128. The summed E-state index contributed by atoms with van der Waals surface area (Å²) in [6, 6.07) is 12.1. The molecule has 1 amide bonds. The summed E-state index contributed by atoms with van der Waals surface area (Å²) in [7, 11) is 0. The highest BCUT2D eigenvalue weighted by Gasteiger charge is 2.24. The molecule has 1 saturated heterocycles. The number of aromatic nitrogens is 2. The molecule has 4 rings (SSSR count). The van der Waals surface area contributed by atoms with Crippen molar-refractivity contribution in [1.82, 2.24) is 14.9 Å². The maximum atomic E-state index is 12.9. The third-order valence-electron chi connectivity index (χ3n) is 4.70. The number of nitrogens with one attached hydrogen (secondary N) is 1. The van der Waals surface area contributed by atoms with Gasteiger partial charge >= 0.3 is 0 Å². The van der Waals surface area contributed by atoms with Crippen LogP contribution in [0.1, 0.15) is 22.3 Å². The molecule has 27 heavy (non-hydrogen) atoms. The molecule has 0 atom stereocenters. The van der Waals surface area contributed by atoms with E-state index in [0.717, 1.165) is 46.1 Å². The predicted octanol–water partition coefficient (Wildman–Crippen LogP) is 3.39. The molecule has 1 fully saturated rings. The summed E-state index contributed by atoms with van der Waals surface area (Å²) < 4.78 is 1.16. The summed E-state index contributed by atoms with van der Waals surface area (Å²) in [5.41, 5.74) is 0.944. The molecular weight excluding hydrogens is 358 g/mol. The Morgan fingerprint density at radius 1 is 1.15 bits per heavy atom. The van der Waals surface area contributed by atoms with Crippen molar-refractivity contribution in [2.75, 3.05) is 42.9 Å². The Labute approximate surface area is 162 Å². The monoisotopic (exact) mass is 381 g/mol. The van der Waals surface area contributed by atoms with Crippen LogP contribution in [0.15, 0.2) is 36.4 Å². The number of hydrogen-bond donors (Lipinski definition) is 1. The Morgan fingerprint density at radius 3 is 2.67 bits per heavy atom. The topological polar surface area (TPSA) is 61.4 Å². The molecule has 1 aliphatic heterocycles. The van der Waals surface area contributed by atoms with Crippen molar-refractivity contribution in [2.24, 2.45) is 0 Å². The number of amides is 1. The minimum Gasteiger partial charge on any atom is -0.354 e. The second-order valence-corrected chi connectivity index (χ2v) is 7.73. The van der Waals surface area contributed by atoms with E-state index in [4.69, 9.17) is 0 Å². The van der Waals surface area contributed by atoms with Gasteiger partial charge in [0.15, 0.2) is 0 Å². The number of carbonyl (C=O) groups excluding carboxylic acids is 1. The van der Waals surface area contributed by atoms with Crippen LogP contribution in [-0.2, 0) is 0 Å². The van der Waals surface area contributed by atoms with Crippen LogP contribution in [0.5, 0.6) is 0 Å². The lowest BCUT2D eigenvalue weighted by Crippen LogP contribution is -2.49. The first-order chi connectivity index (χ1) is 13.1. The number of nitrogens with zero attached hydrogens (tertiary/aromatic N) is 4. The molecule has 6 nitrogen and oxygen atoms in total. The molecule has 0 radical (unpaired) electrons. The Morgan fingerprint density at radius 2 is 1.93 bits per heavy atom. The molecule has 0 unspecified atom stereocenters. The van der Waals surface area contributed by atoms with Gasteiger partial charge in [-0.05, 0) is 31.4 Å². The molecule has 0 aliphatic carbocycles. The first-order valence-corrected chi connectivity index (χ1v) is 10.1. The molecule has 3 heterocycles. The van der Waals surface area contributed by atoms with Crippen LogP contribution in [0, 0.1) is 6.92 Å². The fourth-order valence-electron chi connectivity index (χ4n) is 3.33. The Balaban J connectivity index is 1.45. The number of rotatable bonds is 4. The lowest BCUT2D eigenvalue weighted by atomic mass is 10.2. The van der Waals surface area contributed by atoms with E-state index < -0.39 is 0 Å². The van der Waals surface area contributed by atoms with E-state index in [9.17, 15) is 4.79 Å². The molecule has 1 N–H and O–H groups in total. The van der Waals surface area contributed by atoms with Gasteiger partial charge in [-0.2, -0.15) is 4.98 Å². The van der Waals surface area contributed by atoms with Crippen molar-refractivity contribution >= 4 is 39.1 Å². The second kappa shape index (κ2) is 7.52. The number of benzene rings is 1. The Kier molecular flexibility index (Phi) is 4.94. The predicted molar refractivity (Wildman–Crippen MR) is 111 cm³/mol. The van der Waals surface area contributed by atoms with Crippen molar-refractivity contribution in [3.8, 4) is 0 Å². The van der Waals surface area contributed by atoms with E-state index >= 15 is 0 Å². The number of fused-ring (bicyclic) bond motifs is 1. The van der Waals surface area contributed by atoms with E-state index in [0.29, 0.717) is 19.0 Å². The van der Waals surface area contributed by atoms with E-state index in [1.807, 2.05) is 43.0 Å². The smallest absolute Gasteiger partial charge is 0.264 e. The first kappa shape index (κ1) is 17.7. The quantitative estimate of drug-likeness (QED) is 0.751. The van der Waals surface area contributed by atoms with Gasteiger partial charge in [-0.25, -0.2) is 4.98 Å². The van der Waals surface area contributed by atoms with Gasteiger partial charge in [-0.1, -0.05) is 18.2 Å². The number of piperazine rings is 1. The molecule has 0 saturated carbocycles. The molecular formula is C20H23N5OS. The van der Waals surface area contributed by atoms with Crippen LogP contribution in [0.25, 0.3) is 10.1 Å². The average Bonchev–Trinajstić information content (AvgIpc) is 3.11. The van der Waals surface area contributed by atoms with Crippen molar-refractivity contribution in [1.29, 1.82) is 0 Å². The van der Waals surface area contributed by atoms with Gasteiger partial charge in [-0.15, -0.1) is 11.3 Å². The van der Waals surface area contributed by atoms with Crippen LogP contribution in [-0.4, -0.2) is 53.5 Å². The van der Waals surface area contributed by atoms with E-state index in [1.165, 1.54) is 0 Å². The number of aryl methyl sites for hydroxylation is 1. The molecule has 0 spiro atoms. The van der Waals surface area contributed by atoms with Gasteiger partial charge in [0.2, 0.25) is 5.95 Å². The van der Waals surface area contributed by atoms with E-state index in [2.05, 4.69) is 32.3 Å². The summed E-state index contributed by atoms with van der Waals surface area (Å²) >= 11 is 1.57. The van der Waals surface area contributed by atoms with Crippen molar-refractivity contribution < 1.29 is 4.79 Å². The molecule has 1 aliphatic rings. The van der Waals surface area contributed by atoms with Crippen molar-refractivity contribution in [3.63, 3.8) is 0 Å². The molecule has 0 bridgehead atoms. The second-order valence-electron chi connectivity index (χ2n) is 6.65. The lowest BCUT2D eigenvalue weighted by Gasteiger charge is -2.35. The molecule has 2 aromatic heterocycles. The largest absolute Gasteiger partial charge is 0.354 e. The van der Waals surface area contributed by atoms with Crippen molar-refractivity contribution in [3.05, 3.63) is 47.0 Å². The number of thiophene rings is 1.